The molecular weight excluding hydrogens is 613 g/mol. The van der Waals surface area contributed by atoms with Crippen molar-refractivity contribution >= 4 is 45.4 Å². The molecule has 1 unspecified atom stereocenters. The Bertz CT molecular complexity index is 1670. The molecule has 0 bridgehead atoms. The molecule has 1 spiro atoms. The molecule has 6 heterocycles. The number of hydrogen-bond acceptors (Lipinski definition) is 9. The Morgan fingerprint density at radius 3 is 2.57 bits per heavy atom. The second kappa shape index (κ2) is 10.2. The number of alkyl halides is 3. The number of carbonyl (C=O) groups is 1. The maximum Gasteiger partial charge on any atom is 0.420 e. The molecule has 3 aromatic rings. The van der Waals surface area contributed by atoms with Crippen LogP contribution in [0.3, 0.4) is 0 Å². The van der Waals surface area contributed by atoms with Crippen LogP contribution in [0.5, 0.6) is 0 Å². The summed E-state index contributed by atoms with van der Waals surface area (Å²) in [7, 11) is 0.608. The van der Waals surface area contributed by atoms with Crippen molar-refractivity contribution in [2.45, 2.75) is 35.9 Å². The van der Waals surface area contributed by atoms with Gasteiger partial charge in [-0.1, -0.05) is 0 Å². The van der Waals surface area contributed by atoms with E-state index in [-0.39, 0.29) is 44.0 Å². The molecule has 8 rings (SSSR count). The van der Waals surface area contributed by atoms with Crippen LogP contribution in [-0.2, 0) is 21.7 Å². The second-order valence-corrected chi connectivity index (χ2v) is 15.3. The first-order valence-electron chi connectivity index (χ1n) is 14.8. The summed E-state index contributed by atoms with van der Waals surface area (Å²) in [6.07, 6.45) is -1.82. The quantitative estimate of drug-likeness (QED) is 0.418. The summed E-state index contributed by atoms with van der Waals surface area (Å²) in [5, 5.41) is 3.20. The van der Waals surface area contributed by atoms with Crippen LogP contribution in [0, 0.1) is 5.41 Å². The molecule has 1 atom stereocenters. The summed E-state index contributed by atoms with van der Waals surface area (Å²) >= 11 is 0.902. The molecule has 3 saturated heterocycles. The van der Waals surface area contributed by atoms with E-state index in [2.05, 4.69) is 38.2 Å². The smallest absolute Gasteiger partial charge is 0.377 e. The normalized spacial score (nSPS) is 23.5. The Morgan fingerprint density at radius 2 is 1.91 bits per heavy atom. The van der Waals surface area contributed by atoms with Gasteiger partial charge in [0.1, 0.15) is 10.4 Å². The van der Waals surface area contributed by atoms with Crippen LogP contribution in [0.2, 0.25) is 0 Å². The van der Waals surface area contributed by atoms with Gasteiger partial charge in [0.25, 0.3) is 5.91 Å². The van der Waals surface area contributed by atoms with Gasteiger partial charge in [-0.2, -0.15) is 13.2 Å². The lowest BCUT2D eigenvalue weighted by Crippen LogP contribution is -2.71. The first kappa shape index (κ1) is 28.4. The van der Waals surface area contributed by atoms with E-state index in [1.165, 1.54) is 6.07 Å². The average molecular weight is 645 g/mol. The number of likely N-dealkylation sites (tertiary alicyclic amines) is 1. The summed E-state index contributed by atoms with van der Waals surface area (Å²) < 4.78 is 60.9. The molecule has 4 aliphatic heterocycles. The van der Waals surface area contributed by atoms with Crippen molar-refractivity contribution < 1.29 is 26.9 Å². The first-order valence-corrected chi connectivity index (χ1v) is 16.9. The van der Waals surface area contributed by atoms with Gasteiger partial charge < -0.3 is 24.8 Å². The number of nitrogens with zero attached hydrogens (tertiary/aromatic N) is 5. The zero-order valence-electron chi connectivity index (χ0n) is 24.0. The largest absolute Gasteiger partial charge is 0.420 e. The van der Waals surface area contributed by atoms with E-state index in [1.54, 1.807) is 4.90 Å². The molecule has 1 saturated carbocycles. The number of nitrogens with one attached hydrogen (secondary N) is 1. The molecule has 9 nitrogen and oxygen atoms in total. The van der Waals surface area contributed by atoms with E-state index >= 15 is 0 Å². The maximum absolute atomic E-state index is 14.2. The minimum Gasteiger partial charge on any atom is -0.377 e. The zero-order valence-corrected chi connectivity index (χ0v) is 25.7. The average Bonchev–Trinajstić information content (AvgIpc) is 3.68. The molecule has 2 aromatic heterocycles. The van der Waals surface area contributed by atoms with E-state index < -0.39 is 22.5 Å². The lowest BCUT2D eigenvalue weighted by Gasteiger charge is -2.60. The summed E-state index contributed by atoms with van der Waals surface area (Å²) in [5.41, 5.74) is 2.11. The number of halogens is 3. The van der Waals surface area contributed by atoms with Gasteiger partial charge in [0.05, 0.1) is 45.5 Å². The number of thiophene rings is 1. The fourth-order valence-electron chi connectivity index (χ4n) is 6.88. The summed E-state index contributed by atoms with van der Waals surface area (Å²) in [5.74, 6) is 0.300. The van der Waals surface area contributed by atoms with Crippen LogP contribution in [-0.4, -0.2) is 94.7 Å². The van der Waals surface area contributed by atoms with Gasteiger partial charge in [-0.25, -0.2) is 9.97 Å². The zero-order chi connectivity index (χ0) is 30.4. The fraction of sp³-hybridized carbons (Fsp3) is 0.500. The number of rotatable bonds is 6. The molecule has 1 aromatic carbocycles. The number of aromatic nitrogens is 2. The molecular formula is C30H31F3N6O3S2. The molecule has 0 radical (unpaired) electrons. The van der Waals surface area contributed by atoms with Gasteiger partial charge in [-0.05, 0) is 55.6 Å². The predicted octanol–water partition coefficient (Wildman–Crippen LogP) is 4.56. The molecule has 232 valence electrons. The van der Waals surface area contributed by atoms with Crippen molar-refractivity contribution in [3.63, 3.8) is 0 Å². The van der Waals surface area contributed by atoms with Crippen LogP contribution in [0.25, 0.3) is 10.6 Å². The van der Waals surface area contributed by atoms with E-state index in [0.29, 0.717) is 31.1 Å². The summed E-state index contributed by atoms with van der Waals surface area (Å²) in [6, 6.07) is 7.52. The van der Waals surface area contributed by atoms with Crippen molar-refractivity contribution in [1.29, 1.82) is 0 Å². The van der Waals surface area contributed by atoms with Crippen molar-refractivity contribution in [2.24, 2.45) is 5.41 Å². The summed E-state index contributed by atoms with van der Waals surface area (Å²) in [4.78, 5) is 28.8. The van der Waals surface area contributed by atoms with E-state index in [1.807, 2.05) is 12.1 Å². The highest BCUT2D eigenvalue weighted by molar-refractivity contribution is 7.85. The molecule has 5 aliphatic rings. The monoisotopic (exact) mass is 644 g/mol. The lowest BCUT2D eigenvalue weighted by molar-refractivity contribution is -0.137. The van der Waals surface area contributed by atoms with E-state index in [0.717, 1.165) is 73.5 Å². The van der Waals surface area contributed by atoms with Crippen molar-refractivity contribution in [3.05, 3.63) is 46.5 Å². The summed E-state index contributed by atoms with van der Waals surface area (Å²) in [6.45, 7) is 5.41. The Kier molecular flexibility index (Phi) is 6.60. The second-order valence-electron chi connectivity index (χ2n) is 12.7. The molecule has 14 heteroatoms. The van der Waals surface area contributed by atoms with Gasteiger partial charge >= 0.3 is 6.18 Å². The Morgan fingerprint density at radius 1 is 1.14 bits per heavy atom. The Hall–Kier alpha value is -3.07. The maximum atomic E-state index is 14.2. The van der Waals surface area contributed by atoms with Gasteiger partial charge in [-0.3, -0.25) is 9.00 Å². The molecule has 1 amide bonds. The SMILES string of the molecule is CN1CC2(C1)CN(c1ccc(Nc3ncc(C(F)(F)F)c(-c4cc5c(s4)C(=O)N(C4COC4)CCS5=O)n3)c(C3CC3)c1)C2. The number of benzene rings is 1. The van der Waals surface area contributed by atoms with Crippen molar-refractivity contribution in [3.8, 4) is 10.6 Å². The number of hydrogen-bond donors (Lipinski definition) is 1. The molecule has 1 aliphatic carbocycles. The number of ether oxygens (including phenoxy) is 1. The Labute approximate surface area is 258 Å². The van der Waals surface area contributed by atoms with Crippen molar-refractivity contribution in [1.82, 2.24) is 19.8 Å². The Balaban J connectivity index is 1.11. The number of fused-ring (bicyclic) bond motifs is 1. The van der Waals surface area contributed by atoms with Crippen LogP contribution in [0.1, 0.15) is 39.6 Å². The van der Waals surface area contributed by atoms with Crippen LogP contribution in [0.15, 0.2) is 35.4 Å². The van der Waals surface area contributed by atoms with Gasteiger partial charge in [0.2, 0.25) is 5.95 Å². The third kappa shape index (κ3) is 4.90. The standard InChI is InChI=1S/C30H31F3N6O3S2/c1-37-13-29(14-37)15-38(16-29)18-4-5-22(20(8-18)17-2-3-17)35-28-34-10-21(30(31,32)33)25(36-28)23-9-24-26(43-23)27(40)39(6-7-44(24)41)19-11-42-12-19/h4-5,8-10,17,19H,2-3,6-7,11-16H2,1H3,(H,34,35,36). The highest BCUT2D eigenvalue weighted by Gasteiger charge is 2.50. The number of anilines is 3. The molecule has 4 fully saturated rings. The van der Waals surface area contributed by atoms with Crippen LogP contribution >= 0.6 is 11.3 Å². The number of carbonyl (C=O) groups excluding carboxylic acids is 1. The molecule has 44 heavy (non-hydrogen) atoms. The highest BCUT2D eigenvalue weighted by atomic mass is 32.2. The minimum atomic E-state index is -4.72. The van der Waals surface area contributed by atoms with Crippen molar-refractivity contribution in [2.75, 3.05) is 69.0 Å². The minimum absolute atomic E-state index is 0.0346. The van der Waals surface area contributed by atoms with Crippen LogP contribution in [0.4, 0.5) is 30.5 Å². The van der Waals surface area contributed by atoms with Gasteiger partial charge in [0, 0.05) is 61.5 Å². The third-order valence-electron chi connectivity index (χ3n) is 9.23. The predicted molar refractivity (Wildman–Crippen MR) is 161 cm³/mol. The fourth-order valence-corrected chi connectivity index (χ4v) is 9.50. The topological polar surface area (TPSA) is 90.9 Å². The third-order valence-corrected chi connectivity index (χ3v) is 11.9. The van der Waals surface area contributed by atoms with Crippen LogP contribution < -0.4 is 10.2 Å². The van der Waals surface area contributed by atoms with E-state index in [4.69, 9.17) is 4.74 Å². The van der Waals surface area contributed by atoms with E-state index in [9.17, 15) is 22.2 Å². The highest BCUT2D eigenvalue weighted by Crippen LogP contribution is 2.48. The number of amides is 1. The first-order chi connectivity index (χ1) is 21.1. The molecule has 1 N–H and O–H groups in total. The lowest BCUT2D eigenvalue weighted by atomic mass is 9.73. The van der Waals surface area contributed by atoms with Gasteiger partial charge in [0.15, 0.2) is 0 Å². The van der Waals surface area contributed by atoms with Gasteiger partial charge in [-0.15, -0.1) is 11.3 Å².